The first-order valence-electron chi connectivity index (χ1n) is 5.26. The fraction of sp³-hybridized carbons (Fsp3) is 0.364. The van der Waals surface area contributed by atoms with Gasteiger partial charge in [-0.1, -0.05) is 12.2 Å². The van der Waals surface area contributed by atoms with Crippen molar-refractivity contribution in [1.82, 2.24) is 0 Å². The fourth-order valence-corrected chi connectivity index (χ4v) is 2.43. The van der Waals surface area contributed by atoms with Crippen molar-refractivity contribution in [2.24, 2.45) is 5.73 Å². The molecule has 3 N–H and O–H groups in total. The summed E-state index contributed by atoms with van der Waals surface area (Å²) in [5.74, 6) is 0. The van der Waals surface area contributed by atoms with Gasteiger partial charge in [0.15, 0.2) is 0 Å². The van der Waals surface area contributed by atoms with Crippen molar-refractivity contribution in [3.8, 4) is 0 Å². The van der Waals surface area contributed by atoms with Crippen molar-refractivity contribution in [3.05, 3.63) is 28.2 Å². The lowest BCUT2D eigenvalue weighted by Crippen LogP contribution is -2.36. The molecular formula is C11H12BrF3N2OS. The zero-order valence-corrected chi connectivity index (χ0v) is 12.1. The van der Waals surface area contributed by atoms with Crippen molar-refractivity contribution in [2.45, 2.75) is 6.18 Å². The lowest BCUT2D eigenvalue weighted by molar-refractivity contribution is -0.119. The van der Waals surface area contributed by atoms with Crippen LogP contribution in [0.3, 0.4) is 0 Å². The Bertz CT molecular complexity index is 468. The number of anilines is 1. The van der Waals surface area contributed by atoms with E-state index in [4.69, 9.17) is 23.1 Å². The number of rotatable bonds is 5. The normalized spacial score (nSPS) is 11.4. The summed E-state index contributed by atoms with van der Waals surface area (Å²) in [6.07, 6.45) is -4.34. The minimum Gasteiger partial charge on any atom is -0.395 e. The van der Waals surface area contributed by atoms with Gasteiger partial charge in [0.25, 0.3) is 0 Å². The Morgan fingerprint density at radius 2 is 2.05 bits per heavy atom. The molecule has 0 saturated carbocycles. The van der Waals surface area contributed by atoms with Crippen molar-refractivity contribution < 1.29 is 18.3 Å². The molecule has 1 aromatic rings. The van der Waals surface area contributed by atoms with E-state index in [0.29, 0.717) is 15.7 Å². The molecule has 1 rings (SSSR count). The molecular weight excluding hydrogens is 345 g/mol. The first kappa shape index (κ1) is 16.2. The molecule has 3 nitrogen and oxygen atoms in total. The largest absolute Gasteiger partial charge is 0.405 e. The molecule has 0 radical (unpaired) electrons. The van der Waals surface area contributed by atoms with Crippen molar-refractivity contribution in [2.75, 3.05) is 24.6 Å². The van der Waals surface area contributed by atoms with Crippen LogP contribution >= 0.6 is 28.1 Å². The van der Waals surface area contributed by atoms with E-state index < -0.39 is 12.7 Å². The van der Waals surface area contributed by atoms with Crippen LogP contribution in [0, 0.1) is 0 Å². The minimum absolute atomic E-state index is 0.113. The van der Waals surface area contributed by atoms with Crippen molar-refractivity contribution in [3.63, 3.8) is 0 Å². The average molecular weight is 357 g/mol. The monoisotopic (exact) mass is 356 g/mol. The van der Waals surface area contributed by atoms with Crippen LogP contribution in [0.4, 0.5) is 18.9 Å². The first-order chi connectivity index (χ1) is 8.74. The van der Waals surface area contributed by atoms with Crippen LogP contribution in [0.5, 0.6) is 0 Å². The van der Waals surface area contributed by atoms with Gasteiger partial charge in [-0.05, 0) is 34.1 Å². The van der Waals surface area contributed by atoms with Crippen LogP contribution in [-0.2, 0) is 0 Å². The third-order valence-electron chi connectivity index (χ3n) is 2.32. The summed E-state index contributed by atoms with van der Waals surface area (Å²) >= 11 is 8.02. The van der Waals surface area contributed by atoms with Crippen LogP contribution in [0.25, 0.3) is 0 Å². The Morgan fingerprint density at radius 3 is 2.47 bits per heavy atom. The van der Waals surface area contributed by atoms with Gasteiger partial charge in [0, 0.05) is 22.3 Å². The molecule has 0 aromatic heterocycles. The molecule has 0 bridgehead atoms. The zero-order chi connectivity index (χ0) is 14.6. The highest BCUT2D eigenvalue weighted by molar-refractivity contribution is 9.10. The van der Waals surface area contributed by atoms with E-state index in [2.05, 4.69) is 15.9 Å². The molecule has 0 unspecified atom stereocenters. The lowest BCUT2D eigenvalue weighted by atomic mass is 10.2. The number of hydrogen-bond donors (Lipinski definition) is 2. The van der Waals surface area contributed by atoms with E-state index in [-0.39, 0.29) is 18.1 Å². The highest BCUT2D eigenvalue weighted by Crippen LogP contribution is 2.27. The number of nitrogens with zero attached hydrogens (tertiary/aromatic N) is 1. The smallest absolute Gasteiger partial charge is 0.395 e. The van der Waals surface area contributed by atoms with Gasteiger partial charge < -0.3 is 15.7 Å². The Labute approximate surface area is 122 Å². The molecule has 0 aliphatic rings. The maximum Gasteiger partial charge on any atom is 0.405 e. The Morgan fingerprint density at radius 1 is 1.42 bits per heavy atom. The van der Waals surface area contributed by atoms with Gasteiger partial charge in [-0.25, -0.2) is 0 Å². The van der Waals surface area contributed by atoms with Gasteiger partial charge >= 0.3 is 6.18 Å². The minimum atomic E-state index is -4.34. The third-order valence-corrected chi connectivity index (χ3v) is 3.20. The average Bonchev–Trinajstić information content (AvgIpc) is 2.26. The number of halogens is 4. The van der Waals surface area contributed by atoms with E-state index in [1.807, 2.05) is 0 Å². The Hall–Kier alpha value is -0.860. The molecule has 106 valence electrons. The molecule has 0 fully saturated rings. The second kappa shape index (κ2) is 6.53. The summed E-state index contributed by atoms with van der Waals surface area (Å²) in [5.41, 5.74) is 6.35. The molecule has 0 aliphatic heterocycles. The van der Waals surface area contributed by atoms with E-state index in [0.717, 1.165) is 4.90 Å². The van der Waals surface area contributed by atoms with Crippen LogP contribution in [0.2, 0.25) is 0 Å². The van der Waals surface area contributed by atoms with Crippen LogP contribution in [0.15, 0.2) is 22.7 Å². The predicted molar refractivity (Wildman–Crippen MR) is 75.4 cm³/mol. The summed E-state index contributed by atoms with van der Waals surface area (Å²) in [6, 6.07) is 4.53. The predicted octanol–water partition coefficient (Wildman–Crippen LogP) is 2.44. The highest BCUT2D eigenvalue weighted by Gasteiger charge is 2.30. The second-order valence-corrected chi connectivity index (χ2v) is 5.08. The molecule has 8 heteroatoms. The zero-order valence-electron chi connectivity index (χ0n) is 9.75. The van der Waals surface area contributed by atoms with E-state index in [1.54, 1.807) is 6.07 Å². The van der Waals surface area contributed by atoms with Gasteiger partial charge in [-0.2, -0.15) is 13.2 Å². The van der Waals surface area contributed by atoms with Gasteiger partial charge in [-0.15, -0.1) is 0 Å². The van der Waals surface area contributed by atoms with Crippen LogP contribution in [0.1, 0.15) is 5.56 Å². The van der Waals surface area contributed by atoms with Crippen molar-refractivity contribution in [1.29, 1.82) is 0 Å². The van der Waals surface area contributed by atoms with Gasteiger partial charge in [0.2, 0.25) is 0 Å². The number of alkyl halides is 3. The third kappa shape index (κ3) is 4.96. The lowest BCUT2D eigenvalue weighted by Gasteiger charge is -2.25. The first-order valence-corrected chi connectivity index (χ1v) is 6.46. The molecule has 0 atom stereocenters. The number of hydrogen-bond acceptors (Lipinski definition) is 3. The summed E-state index contributed by atoms with van der Waals surface area (Å²) in [7, 11) is 0. The Kier molecular flexibility index (Phi) is 5.57. The molecule has 0 saturated heterocycles. The molecule has 0 heterocycles. The maximum absolute atomic E-state index is 12.4. The van der Waals surface area contributed by atoms with Gasteiger partial charge in [0.05, 0.1) is 6.61 Å². The highest BCUT2D eigenvalue weighted by atomic mass is 79.9. The molecule has 1 aromatic carbocycles. The standard InChI is InChI=1S/C11H12BrF3N2OS/c12-9-5-7(1-2-8(9)10(16)19)17(3-4-18)6-11(13,14)15/h1-2,5,18H,3-4,6H2,(H2,16,19). The van der Waals surface area contributed by atoms with E-state index >= 15 is 0 Å². The Balaban J connectivity index is 3.03. The summed E-state index contributed by atoms with van der Waals surface area (Å²) in [6.45, 7) is -1.62. The van der Waals surface area contributed by atoms with Gasteiger partial charge in [0.1, 0.15) is 11.5 Å². The maximum atomic E-state index is 12.4. The fourth-order valence-electron chi connectivity index (χ4n) is 1.54. The molecule has 0 aliphatic carbocycles. The van der Waals surface area contributed by atoms with Crippen molar-refractivity contribution >= 4 is 38.8 Å². The quantitative estimate of drug-likeness (QED) is 0.795. The van der Waals surface area contributed by atoms with Crippen LogP contribution in [-0.4, -0.2) is 36.0 Å². The second-order valence-electron chi connectivity index (χ2n) is 3.79. The van der Waals surface area contributed by atoms with E-state index in [1.165, 1.54) is 12.1 Å². The summed E-state index contributed by atoms with van der Waals surface area (Å²) < 4.78 is 37.9. The number of aliphatic hydroxyl groups excluding tert-OH is 1. The number of aliphatic hydroxyl groups is 1. The number of benzene rings is 1. The molecule has 0 spiro atoms. The number of thiocarbonyl (C=S) groups is 1. The molecule has 19 heavy (non-hydrogen) atoms. The van der Waals surface area contributed by atoms with Gasteiger partial charge in [-0.3, -0.25) is 0 Å². The molecule has 0 amide bonds. The summed E-state index contributed by atoms with van der Waals surface area (Å²) in [4.78, 5) is 1.19. The number of nitrogens with two attached hydrogens (primary N) is 1. The summed E-state index contributed by atoms with van der Waals surface area (Å²) in [5, 5.41) is 8.85. The van der Waals surface area contributed by atoms with Crippen LogP contribution < -0.4 is 10.6 Å². The van der Waals surface area contributed by atoms with E-state index in [9.17, 15) is 13.2 Å². The topological polar surface area (TPSA) is 49.5 Å². The SMILES string of the molecule is NC(=S)c1ccc(N(CCO)CC(F)(F)F)cc1Br.